The van der Waals surface area contributed by atoms with Gasteiger partial charge in [0.25, 0.3) is 5.91 Å². The van der Waals surface area contributed by atoms with E-state index >= 15 is 0 Å². The Hall–Kier alpha value is -1.84. The van der Waals surface area contributed by atoms with Crippen molar-refractivity contribution in [3.8, 4) is 11.8 Å². The van der Waals surface area contributed by atoms with Crippen molar-refractivity contribution in [2.45, 2.75) is 6.54 Å². The van der Waals surface area contributed by atoms with Crippen LogP contribution in [0.2, 0.25) is 0 Å². The standard InChI is InChI=1S/C14H11BrN2O2S/c15-11-5-12(20-9-11)7-17-14(18)8-19-13-4-2-1-3-10(13)6-16/h1-5,9H,7-8H2,(H,17,18). The molecule has 102 valence electrons. The number of carbonyl (C=O) groups is 1. The summed E-state index contributed by atoms with van der Waals surface area (Å²) in [6.07, 6.45) is 0. The lowest BCUT2D eigenvalue weighted by Crippen LogP contribution is -2.28. The molecule has 1 aromatic carbocycles. The molecule has 0 radical (unpaired) electrons. The molecule has 1 N–H and O–H groups in total. The molecule has 0 unspecified atom stereocenters. The zero-order valence-electron chi connectivity index (χ0n) is 10.4. The lowest BCUT2D eigenvalue weighted by Gasteiger charge is -2.07. The van der Waals surface area contributed by atoms with Gasteiger partial charge < -0.3 is 10.1 Å². The highest BCUT2D eigenvalue weighted by Crippen LogP contribution is 2.19. The number of amides is 1. The van der Waals surface area contributed by atoms with Crippen molar-refractivity contribution in [1.82, 2.24) is 5.32 Å². The number of rotatable bonds is 5. The summed E-state index contributed by atoms with van der Waals surface area (Å²) in [4.78, 5) is 12.7. The monoisotopic (exact) mass is 350 g/mol. The maximum Gasteiger partial charge on any atom is 0.258 e. The molecule has 0 aliphatic heterocycles. The number of hydrogen-bond acceptors (Lipinski definition) is 4. The van der Waals surface area contributed by atoms with Crippen LogP contribution in [-0.4, -0.2) is 12.5 Å². The van der Waals surface area contributed by atoms with E-state index in [4.69, 9.17) is 10.00 Å². The third-order valence-electron chi connectivity index (χ3n) is 2.45. The molecular weight excluding hydrogens is 340 g/mol. The molecule has 2 aromatic rings. The molecule has 0 aliphatic carbocycles. The second kappa shape index (κ2) is 7.08. The minimum absolute atomic E-state index is 0.106. The summed E-state index contributed by atoms with van der Waals surface area (Å²) in [7, 11) is 0. The van der Waals surface area contributed by atoms with Crippen molar-refractivity contribution in [1.29, 1.82) is 5.26 Å². The van der Waals surface area contributed by atoms with Crippen LogP contribution in [0.25, 0.3) is 0 Å². The Morgan fingerprint density at radius 1 is 1.45 bits per heavy atom. The summed E-state index contributed by atoms with van der Waals surface area (Å²) >= 11 is 4.93. The van der Waals surface area contributed by atoms with Crippen LogP contribution in [0, 0.1) is 11.3 Å². The molecule has 0 fully saturated rings. The molecule has 4 nitrogen and oxygen atoms in total. The van der Waals surface area contributed by atoms with Gasteiger partial charge in [-0.2, -0.15) is 5.26 Å². The predicted molar refractivity (Wildman–Crippen MR) is 80.5 cm³/mol. The van der Waals surface area contributed by atoms with Crippen molar-refractivity contribution in [3.63, 3.8) is 0 Å². The number of ether oxygens (including phenoxy) is 1. The molecule has 1 aromatic heterocycles. The van der Waals surface area contributed by atoms with Crippen LogP contribution < -0.4 is 10.1 Å². The number of para-hydroxylation sites is 1. The third kappa shape index (κ3) is 4.08. The molecule has 20 heavy (non-hydrogen) atoms. The Morgan fingerprint density at radius 3 is 2.95 bits per heavy atom. The van der Waals surface area contributed by atoms with E-state index in [9.17, 15) is 4.79 Å². The Bertz CT molecular complexity index is 649. The van der Waals surface area contributed by atoms with E-state index < -0.39 is 0 Å². The zero-order valence-corrected chi connectivity index (χ0v) is 12.8. The average Bonchev–Trinajstić information content (AvgIpc) is 2.89. The third-order valence-corrected chi connectivity index (χ3v) is 4.15. The zero-order chi connectivity index (χ0) is 14.4. The molecular formula is C14H11BrN2O2S. The van der Waals surface area contributed by atoms with Gasteiger partial charge in [-0.3, -0.25) is 4.79 Å². The normalized spacial score (nSPS) is 9.80. The number of nitrogens with one attached hydrogen (secondary N) is 1. The van der Waals surface area contributed by atoms with Crippen LogP contribution in [-0.2, 0) is 11.3 Å². The Morgan fingerprint density at radius 2 is 2.25 bits per heavy atom. The van der Waals surface area contributed by atoms with Crippen LogP contribution >= 0.6 is 27.3 Å². The highest BCUT2D eigenvalue weighted by molar-refractivity contribution is 9.10. The first-order chi connectivity index (χ1) is 9.69. The lowest BCUT2D eigenvalue weighted by atomic mass is 10.2. The van der Waals surface area contributed by atoms with Crippen molar-refractivity contribution >= 4 is 33.2 Å². The van der Waals surface area contributed by atoms with Gasteiger partial charge in [0.2, 0.25) is 0 Å². The second-order valence-corrected chi connectivity index (χ2v) is 5.82. The summed E-state index contributed by atoms with van der Waals surface area (Å²) in [6.45, 7) is 0.365. The van der Waals surface area contributed by atoms with Crippen LogP contribution in [0.5, 0.6) is 5.75 Å². The summed E-state index contributed by atoms with van der Waals surface area (Å²) in [5.74, 6) is 0.200. The van der Waals surface area contributed by atoms with E-state index in [1.54, 1.807) is 35.6 Å². The van der Waals surface area contributed by atoms with Crippen LogP contribution in [0.3, 0.4) is 0 Å². The quantitative estimate of drug-likeness (QED) is 0.901. The molecule has 0 aliphatic rings. The van der Waals surface area contributed by atoms with Gasteiger partial charge in [0.1, 0.15) is 11.8 Å². The van der Waals surface area contributed by atoms with Gasteiger partial charge in [0, 0.05) is 14.7 Å². The van der Waals surface area contributed by atoms with Crippen molar-refractivity contribution in [2.75, 3.05) is 6.61 Å². The van der Waals surface area contributed by atoms with E-state index in [1.165, 1.54) is 0 Å². The van der Waals surface area contributed by atoms with Gasteiger partial charge in [0.05, 0.1) is 12.1 Å². The number of carbonyl (C=O) groups excluding carboxylic acids is 1. The van der Waals surface area contributed by atoms with Gasteiger partial charge in [0.15, 0.2) is 6.61 Å². The van der Waals surface area contributed by atoms with E-state index in [2.05, 4.69) is 21.2 Å². The van der Waals surface area contributed by atoms with Crippen molar-refractivity contribution < 1.29 is 9.53 Å². The first kappa shape index (κ1) is 14.6. The molecule has 0 saturated heterocycles. The minimum Gasteiger partial charge on any atom is -0.482 e. The number of nitrogens with zero attached hydrogens (tertiary/aromatic N) is 1. The summed E-state index contributed by atoms with van der Waals surface area (Å²) in [5, 5.41) is 13.6. The molecule has 1 amide bonds. The number of nitriles is 1. The molecule has 0 spiro atoms. The molecule has 0 atom stereocenters. The number of halogens is 1. The Balaban J connectivity index is 1.82. The highest BCUT2D eigenvalue weighted by Gasteiger charge is 2.06. The van der Waals surface area contributed by atoms with Gasteiger partial charge in [-0.05, 0) is 34.1 Å². The molecule has 6 heteroatoms. The number of benzene rings is 1. The maximum atomic E-state index is 11.7. The van der Waals surface area contributed by atoms with Gasteiger partial charge in [-0.1, -0.05) is 12.1 Å². The fourth-order valence-corrected chi connectivity index (χ4v) is 2.90. The van der Waals surface area contributed by atoms with Crippen molar-refractivity contribution in [2.24, 2.45) is 0 Å². The maximum absolute atomic E-state index is 11.7. The average molecular weight is 351 g/mol. The smallest absolute Gasteiger partial charge is 0.258 e. The van der Waals surface area contributed by atoms with E-state index in [1.807, 2.05) is 17.5 Å². The van der Waals surface area contributed by atoms with Crippen LogP contribution in [0.1, 0.15) is 10.4 Å². The van der Waals surface area contributed by atoms with E-state index in [0.29, 0.717) is 17.9 Å². The second-order valence-electron chi connectivity index (χ2n) is 3.90. The minimum atomic E-state index is -0.220. The molecule has 0 bridgehead atoms. The SMILES string of the molecule is N#Cc1ccccc1OCC(=O)NCc1cc(Br)cs1. The Labute approximate surface area is 129 Å². The largest absolute Gasteiger partial charge is 0.482 e. The first-order valence-corrected chi connectivity index (χ1v) is 7.48. The highest BCUT2D eigenvalue weighted by atomic mass is 79.9. The fourth-order valence-electron chi connectivity index (χ4n) is 1.51. The first-order valence-electron chi connectivity index (χ1n) is 5.80. The number of thiophene rings is 1. The van der Waals surface area contributed by atoms with Gasteiger partial charge in [-0.25, -0.2) is 0 Å². The van der Waals surface area contributed by atoms with E-state index in [0.717, 1.165) is 9.35 Å². The fraction of sp³-hybridized carbons (Fsp3) is 0.143. The summed E-state index contributed by atoms with van der Waals surface area (Å²) < 4.78 is 6.35. The topological polar surface area (TPSA) is 62.1 Å². The van der Waals surface area contributed by atoms with Crippen molar-refractivity contribution in [3.05, 3.63) is 50.6 Å². The number of hydrogen-bond donors (Lipinski definition) is 1. The van der Waals surface area contributed by atoms with E-state index in [-0.39, 0.29) is 12.5 Å². The Kier molecular flexibility index (Phi) is 5.16. The van der Waals surface area contributed by atoms with Crippen LogP contribution in [0.15, 0.2) is 40.2 Å². The molecule has 0 saturated carbocycles. The molecule has 1 heterocycles. The van der Waals surface area contributed by atoms with Gasteiger partial charge >= 0.3 is 0 Å². The predicted octanol–water partition coefficient (Wildman–Crippen LogP) is 3.08. The molecule has 2 rings (SSSR count). The van der Waals surface area contributed by atoms with Gasteiger partial charge in [-0.15, -0.1) is 11.3 Å². The van der Waals surface area contributed by atoms with Crippen LogP contribution in [0.4, 0.5) is 0 Å². The summed E-state index contributed by atoms with van der Waals surface area (Å²) in [6, 6.07) is 10.8. The lowest BCUT2D eigenvalue weighted by molar-refractivity contribution is -0.123. The summed E-state index contributed by atoms with van der Waals surface area (Å²) in [5.41, 5.74) is 0.419.